The molecule has 86 valence electrons. The highest BCUT2D eigenvalue weighted by atomic mass is 79.9. The van der Waals surface area contributed by atoms with Gasteiger partial charge in [-0.2, -0.15) is 5.10 Å². The van der Waals surface area contributed by atoms with Crippen LogP contribution < -0.4 is 5.73 Å². The molecule has 1 rings (SSSR count). The molecule has 1 aromatic heterocycles. The van der Waals surface area contributed by atoms with Crippen molar-refractivity contribution in [1.29, 1.82) is 0 Å². The zero-order chi connectivity index (χ0) is 11.5. The van der Waals surface area contributed by atoms with E-state index in [1.807, 2.05) is 10.9 Å². The minimum atomic E-state index is -0.0803. The summed E-state index contributed by atoms with van der Waals surface area (Å²) in [5.74, 6) is 0. The lowest BCUT2D eigenvalue weighted by atomic mass is 9.89. The van der Waals surface area contributed by atoms with Crippen LogP contribution in [0.3, 0.4) is 0 Å². The molecule has 1 aromatic rings. The number of hydrogen-bond donors (Lipinski definition) is 1. The van der Waals surface area contributed by atoms with Crippen molar-refractivity contribution in [2.45, 2.75) is 25.8 Å². The maximum absolute atomic E-state index is 5.77. The first-order valence-corrected chi connectivity index (χ1v) is 5.73. The first-order chi connectivity index (χ1) is 7.03. The molecule has 5 heteroatoms. The molecule has 0 saturated heterocycles. The predicted octanol–water partition coefficient (Wildman–Crippen LogP) is 1.53. The first-order valence-electron chi connectivity index (χ1n) is 4.93. The fourth-order valence-corrected chi connectivity index (χ4v) is 2.31. The highest BCUT2D eigenvalue weighted by Crippen LogP contribution is 2.29. The normalized spacial score (nSPS) is 12.1. The summed E-state index contributed by atoms with van der Waals surface area (Å²) >= 11 is 3.51. The average molecular weight is 276 g/mol. The second-order valence-corrected chi connectivity index (χ2v) is 5.00. The van der Waals surface area contributed by atoms with Crippen molar-refractivity contribution in [2.75, 3.05) is 20.3 Å². The first kappa shape index (κ1) is 12.7. The Morgan fingerprint density at radius 2 is 2.27 bits per heavy atom. The van der Waals surface area contributed by atoms with E-state index in [1.54, 1.807) is 7.11 Å². The Labute approximate surface area is 98.9 Å². The molecule has 0 unspecified atom stereocenters. The van der Waals surface area contributed by atoms with Crippen LogP contribution in [0.15, 0.2) is 10.7 Å². The maximum Gasteiger partial charge on any atom is 0.0659 e. The van der Waals surface area contributed by atoms with E-state index in [9.17, 15) is 0 Å². The quantitative estimate of drug-likeness (QED) is 0.887. The van der Waals surface area contributed by atoms with Gasteiger partial charge in [-0.05, 0) is 15.9 Å². The monoisotopic (exact) mass is 275 g/mol. The Balaban J connectivity index is 2.98. The summed E-state index contributed by atoms with van der Waals surface area (Å²) in [7, 11) is 1.69. The molecule has 4 nitrogen and oxygen atoms in total. The third kappa shape index (κ3) is 2.80. The molecule has 0 radical (unpaired) electrons. The van der Waals surface area contributed by atoms with Gasteiger partial charge in [0.15, 0.2) is 0 Å². The molecule has 0 bridgehead atoms. The van der Waals surface area contributed by atoms with Crippen molar-refractivity contribution < 1.29 is 4.74 Å². The van der Waals surface area contributed by atoms with Gasteiger partial charge in [-0.25, -0.2) is 0 Å². The molecule has 0 aliphatic rings. The molecule has 0 spiro atoms. The molecule has 0 aliphatic heterocycles. The van der Waals surface area contributed by atoms with Crippen LogP contribution in [0.2, 0.25) is 0 Å². The summed E-state index contributed by atoms with van der Waals surface area (Å²) in [5.41, 5.74) is 6.82. The highest BCUT2D eigenvalue weighted by Gasteiger charge is 2.26. The Hall–Kier alpha value is -0.390. The van der Waals surface area contributed by atoms with Crippen LogP contribution in [0, 0.1) is 0 Å². The number of halogens is 1. The summed E-state index contributed by atoms with van der Waals surface area (Å²) in [6.07, 6.45) is 1.81. The van der Waals surface area contributed by atoms with E-state index < -0.39 is 0 Å². The summed E-state index contributed by atoms with van der Waals surface area (Å²) in [5, 5.41) is 4.30. The Kier molecular flexibility index (Phi) is 4.31. The van der Waals surface area contributed by atoms with Crippen molar-refractivity contribution in [3.8, 4) is 0 Å². The van der Waals surface area contributed by atoms with Crippen LogP contribution >= 0.6 is 15.9 Å². The van der Waals surface area contributed by atoms with Gasteiger partial charge in [0.25, 0.3) is 0 Å². The van der Waals surface area contributed by atoms with E-state index in [2.05, 4.69) is 34.9 Å². The van der Waals surface area contributed by atoms with Crippen molar-refractivity contribution in [1.82, 2.24) is 9.78 Å². The number of nitrogens with two attached hydrogens (primary N) is 1. The number of rotatable bonds is 5. The number of hydrogen-bond acceptors (Lipinski definition) is 3. The van der Waals surface area contributed by atoms with E-state index >= 15 is 0 Å². The van der Waals surface area contributed by atoms with Gasteiger partial charge in [0.2, 0.25) is 0 Å². The van der Waals surface area contributed by atoms with Gasteiger partial charge in [0.05, 0.1) is 29.5 Å². The molecule has 0 aromatic carbocycles. The lowest BCUT2D eigenvalue weighted by Gasteiger charge is -2.24. The smallest absolute Gasteiger partial charge is 0.0659 e. The molecule has 0 amide bonds. The fourth-order valence-electron chi connectivity index (χ4n) is 1.48. The number of methoxy groups -OCH3 is 1. The van der Waals surface area contributed by atoms with E-state index in [1.165, 1.54) is 0 Å². The maximum atomic E-state index is 5.77. The minimum absolute atomic E-state index is 0.0803. The molecule has 0 saturated carbocycles. The van der Waals surface area contributed by atoms with Crippen LogP contribution in [0.1, 0.15) is 19.5 Å². The van der Waals surface area contributed by atoms with Gasteiger partial charge in [-0.3, -0.25) is 4.68 Å². The molecule has 15 heavy (non-hydrogen) atoms. The van der Waals surface area contributed by atoms with E-state index in [4.69, 9.17) is 10.5 Å². The van der Waals surface area contributed by atoms with Crippen molar-refractivity contribution in [2.24, 2.45) is 5.73 Å². The van der Waals surface area contributed by atoms with Crippen molar-refractivity contribution >= 4 is 15.9 Å². The topological polar surface area (TPSA) is 53.1 Å². The number of ether oxygens (including phenoxy) is 1. The molecule has 0 aliphatic carbocycles. The van der Waals surface area contributed by atoms with Crippen LogP contribution in [0.25, 0.3) is 0 Å². The molecular weight excluding hydrogens is 258 g/mol. The average Bonchev–Trinajstić information content (AvgIpc) is 2.57. The van der Waals surface area contributed by atoms with Gasteiger partial charge in [0, 0.05) is 19.1 Å². The third-order valence-electron chi connectivity index (χ3n) is 2.45. The zero-order valence-electron chi connectivity index (χ0n) is 9.46. The molecule has 0 fully saturated rings. The van der Waals surface area contributed by atoms with Crippen LogP contribution in [-0.4, -0.2) is 30.0 Å². The summed E-state index contributed by atoms with van der Waals surface area (Å²) in [6, 6.07) is 0. The predicted molar refractivity (Wildman–Crippen MR) is 63.9 cm³/mol. The van der Waals surface area contributed by atoms with Crippen molar-refractivity contribution in [3.05, 3.63) is 16.4 Å². The van der Waals surface area contributed by atoms with E-state index in [0.29, 0.717) is 13.2 Å². The SMILES string of the molecule is COCCn1ncc(Br)c1C(C)(C)CN. The Morgan fingerprint density at radius 3 is 2.80 bits per heavy atom. The molecule has 2 N–H and O–H groups in total. The van der Waals surface area contributed by atoms with Gasteiger partial charge in [-0.15, -0.1) is 0 Å². The second-order valence-electron chi connectivity index (χ2n) is 4.15. The second kappa shape index (κ2) is 5.09. The van der Waals surface area contributed by atoms with Crippen LogP contribution in [0.5, 0.6) is 0 Å². The number of nitrogens with zero attached hydrogens (tertiary/aromatic N) is 2. The lowest BCUT2D eigenvalue weighted by Crippen LogP contribution is -2.32. The van der Waals surface area contributed by atoms with Crippen LogP contribution in [-0.2, 0) is 16.7 Å². The number of aromatic nitrogens is 2. The molecular formula is C10H18BrN3O. The van der Waals surface area contributed by atoms with Gasteiger partial charge < -0.3 is 10.5 Å². The van der Waals surface area contributed by atoms with Gasteiger partial charge in [-0.1, -0.05) is 13.8 Å². The Morgan fingerprint density at radius 1 is 1.60 bits per heavy atom. The lowest BCUT2D eigenvalue weighted by molar-refractivity contribution is 0.181. The summed E-state index contributed by atoms with van der Waals surface area (Å²) in [6.45, 7) is 6.21. The zero-order valence-corrected chi connectivity index (χ0v) is 11.0. The summed E-state index contributed by atoms with van der Waals surface area (Å²) in [4.78, 5) is 0. The van der Waals surface area contributed by atoms with E-state index in [-0.39, 0.29) is 5.41 Å². The standard InChI is InChI=1S/C10H18BrN3O/c1-10(2,7-12)9-8(11)6-13-14(9)4-5-15-3/h6H,4-5,7,12H2,1-3H3. The minimum Gasteiger partial charge on any atom is -0.383 e. The van der Waals surface area contributed by atoms with Gasteiger partial charge >= 0.3 is 0 Å². The summed E-state index contributed by atoms with van der Waals surface area (Å²) < 4.78 is 8.00. The van der Waals surface area contributed by atoms with Crippen LogP contribution in [0.4, 0.5) is 0 Å². The third-order valence-corrected chi connectivity index (χ3v) is 3.03. The Bertz CT molecular complexity index is 322. The molecule has 1 heterocycles. The highest BCUT2D eigenvalue weighted by molar-refractivity contribution is 9.10. The largest absolute Gasteiger partial charge is 0.383 e. The van der Waals surface area contributed by atoms with E-state index in [0.717, 1.165) is 16.7 Å². The fraction of sp³-hybridized carbons (Fsp3) is 0.700. The molecule has 0 atom stereocenters. The van der Waals surface area contributed by atoms with Crippen molar-refractivity contribution in [3.63, 3.8) is 0 Å². The van der Waals surface area contributed by atoms with Gasteiger partial charge in [0.1, 0.15) is 0 Å².